The SMILES string of the molecule is C=C(C)CNC(C)c1cccs1. The molecule has 0 aliphatic carbocycles. The second kappa shape index (κ2) is 4.43. The molecule has 0 saturated heterocycles. The van der Waals surface area contributed by atoms with Gasteiger partial charge in [-0.1, -0.05) is 18.2 Å². The summed E-state index contributed by atoms with van der Waals surface area (Å²) in [5, 5.41) is 5.50. The number of hydrogen-bond acceptors (Lipinski definition) is 2. The predicted molar refractivity (Wildman–Crippen MR) is 55.6 cm³/mol. The van der Waals surface area contributed by atoms with Crippen LogP contribution in [0.1, 0.15) is 24.8 Å². The maximum atomic E-state index is 3.85. The highest BCUT2D eigenvalue weighted by atomic mass is 32.1. The Hall–Kier alpha value is -0.600. The van der Waals surface area contributed by atoms with Crippen LogP contribution in [0, 0.1) is 0 Å². The maximum Gasteiger partial charge on any atom is 0.0388 e. The Bertz CT molecular complexity index is 238. The summed E-state index contributed by atoms with van der Waals surface area (Å²) in [6.45, 7) is 8.96. The van der Waals surface area contributed by atoms with Crippen molar-refractivity contribution in [1.82, 2.24) is 5.32 Å². The second-order valence-electron chi connectivity index (χ2n) is 3.08. The first kappa shape index (κ1) is 9.49. The number of thiophene rings is 1. The van der Waals surface area contributed by atoms with E-state index in [2.05, 4.69) is 36.3 Å². The molecule has 12 heavy (non-hydrogen) atoms. The minimum atomic E-state index is 0.446. The van der Waals surface area contributed by atoms with Gasteiger partial charge in [-0.3, -0.25) is 0 Å². The monoisotopic (exact) mass is 181 g/mol. The first-order valence-electron chi connectivity index (χ1n) is 4.11. The third kappa shape index (κ3) is 2.80. The molecule has 0 fully saturated rings. The molecule has 0 aromatic carbocycles. The van der Waals surface area contributed by atoms with E-state index in [9.17, 15) is 0 Å². The van der Waals surface area contributed by atoms with Crippen molar-refractivity contribution in [2.24, 2.45) is 0 Å². The van der Waals surface area contributed by atoms with Gasteiger partial charge in [0.2, 0.25) is 0 Å². The standard InChI is InChI=1S/C10H15NS/c1-8(2)7-11-9(3)10-5-4-6-12-10/h4-6,9,11H,1,7H2,2-3H3. The lowest BCUT2D eigenvalue weighted by molar-refractivity contribution is 0.617. The normalized spacial score (nSPS) is 12.8. The number of rotatable bonds is 4. The quantitative estimate of drug-likeness (QED) is 0.704. The van der Waals surface area contributed by atoms with Crippen LogP contribution in [0.3, 0.4) is 0 Å². The minimum Gasteiger partial charge on any atom is -0.306 e. The van der Waals surface area contributed by atoms with Gasteiger partial charge in [0, 0.05) is 17.5 Å². The van der Waals surface area contributed by atoms with Crippen molar-refractivity contribution in [3.8, 4) is 0 Å². The van der Waals surface area contributed by atoms with Gasteiger partial charge in [0.05, 0.1) is 0 Å². The van der Waals surface area contributed by atoms with Gasteiger partial charge in [-0.15, -0.1) is 11.3 Å². The third-order valence-electron chi connectivity index (χ3n) is 1.68. The van der Waals surface area contributed by atoms with E-state index in [0.29, 0.717) is 6.04 Å². The van der Waals surface area contributed by atoms with Crippen LogP contribution < -0.4 is 5.32 Å². The average Bonchev–Trinajstić information content (AvgIpc) is 2.51. The summed E-state index contributed by atoms with van der Waals surface area (Å²) in [5.74, 6) is 0. The van der Waals surface area contributed by atoms with Crippen LogP contribution in [0.2, 0.25) is 0 Å². The lowest BCUT2D eigenvalue weighted by Gasteiger charge is -2.11. The van der Waals surface area contributed by atoms with Crippen LogP contribution in [0.5, 0.6) is 0 Å². The molecule has 0 bridgehead atoms. The summed E-state index contributed by atoms with van der Waals surface area (Å²) in [4.78, 5) is 1.39. The van der Waals surface area contributed by atoms with Crippen molar-refractivity contribution in [1.29, 1.82) is 0 Å². The van der Waals surface area contributed by atoms with E-state index in [1.54, 1.807) is 11.3 Å². The smallest absolute Gasteiger partial charge is 0.0388 e. The Balaban J connectivity index is 2.39. The van der Waals surface area contributed by atoms with Crippen molar-refractivity contribution in [3.05, 3.63) is 34.5 Å². The van der Waals surface area contributed by atoms with Crippen LogP contribution in [0.15, 0.2) is 29.7 Å². The van der Waals surface area contributed by atoms with E-state index in [-0.39, 0.29) is 0 Å². The van der Waals surface area contributed by atoms with Crippen molar-refractivity contribution < 1.29 is 0 Å². The molecule has 1 rings (SSSR count). The molecular weight excluding hydrogens is 166 g/mol. The summed E-state index contributed by atoms with van der Waals surface area (Å²) in [6, 6.07) is 4.68. The molecule has 2 heteroatoms. The van der Waals surface area contributed by atoms with E-state index in [4.69, 9.17) is 0 Å². The van der Waals surface area contributed by atoms with Crippen LogP contribution in [0.4, 0.5) is 0 Å². The van der Waals surface area contributed by atoms with Crippen molar-refractivity contribution in [3.63, 3.8) is 0 Å². The molecule has 0 saturated carbocycles. The Morgan fingerprint density at radius 3 is 3.00 bits per heavy atom. The number of nitrogens with one attached hydrogen (secondary N) is 1. The van der Waals surface area contributed by atoms with E-state index in [1.807, 2.05) is 6.92 Å². The van der Waals surface area contributed by atoms with E-state index >= 15 is 0 Å². The van der Waals surface area contributed by atoms with Crippen LogP contribution in [-0.4, -0.2) is 6.54 Å². The zero-order valence-corrected chi connectivity index (χ0v) is 8.45. The summed E-state index contributed by atoms with van der Waals surface area (Å²) in [7, 11) is 0. The maximum absolute atomic E-state index is 3.85. The van der Waals surface area contributed by atoms with Gasteiger partial charge < -0.3 is 5.32 Å². The van der Waals surface area contributed by atoms with Gasteiger partial charge in [-0.05, 0) is 25.3 Å². The molecule has 1 atom stereocenters. The van der Waals surface area contributed by atoms with Crippen LogP contribution in [0.25, 0.3) is 0 Å². The molecule has 0 spiro atoms. The fourth-order valence-corrected chi connectivity index (χ4v) is 1.72. The minimum absolute atomic E-state index is 0.446. The molecule has 0 aliphatic heterocycles. The lowest BCUT2D eigenvalue weighted by Crippen LogP contribution is -2.19. The Kier molecular flexibility index (Phi) is 3.50. The van der Waals surface area contributed by atoms with Gasteiger partial charge >= 0.3 is 0 Å². The molecule has 1 aromatic rings. The third-order valence-corrected chi connectivity index (χ3v) is 2.74. The topological polar surface area (TPSA) is 12.0 Å². The second-order valence-corrected chi connectivity index (χ2v) is 4.05. The highest BCUT2D eigenvalue weighted by molar-refractivity contribution is 7.10. The molecule has 66 valence electrons. The molecule has 1 unspecified atom stereocenters. The van der Waals surface area contributed by atoms with Gasteiger partial charge in [-0.25, -0.2) is 0 Å². The number of hydrogen-bond donors (Lipinski definition) is 1. The molecule has 0 radical (unpaired) electrons. The Labute approximate surface area is 78.1 Å². The summed E-state index contributed by atoms with van der Waals surface area (Å²) in [5.41, 5.74) is 1.18. The molecular formula is C10H15NS. The van der Waals surface area contributed by atoms with E-state index in [1.165, 1.54) is 10.5 Å². The molecule has 0 aliphatic rings. The van der Waals surface area contributed by atoms with Crippen molar-refractivity contribution in [2.75, 3.05) is 6.54 Å². The Morgan fingerprint density at radius 1 is 1.75 bits per heavy atom. The predicted octanol–water partition coefficient (Wildman–Crippen LogP) is 2.97. The van der Waals surface area contributed by atoms with E-state index < -0.39 is 0 Å². The fourth-order valence-electron chi connectivity index (χ4n) is 0.966. The molecule has 1 nitrogen and oxygen atoms in total. The van der Waals surface area contributed by atoms with Gasteiger partial charge in [0.15, 0.2) is 0 Å². The van der Waals surface area contributed by atoms with Gasteiger partial charge in [0.1, 0.15) is 0 Å². The molecule has 1 aromatic heterocycles. The molecule has 1 heterocycles. The summed E-state index contributed by atoms with van der Waals surface area (Å²) in [6.07, 6.45) is 0. The summed E-state index contributed by atoms with van der Waals surface area (Å²) >= 11 is 1.79. The molecule has 0 amide bonds. The first-order valence-corrected chi connectivity index (χ1v) is 4.99. The van der Waals surface area contributed by atoms with Crippen molar-refractivity contribution in [2.45, 2.75) is 19.9 Å². The first-order chi connectivity index (χ1) is 5.70. The van der Waals surface area contributed by atoms with Crippen molar-refractivity contribution >= 4 is 11.3 Å². The van der Waals surface area contributed by atoms with Crippen LogP contribution in [-0.2, 0) is 0 Å². The van der Waals surface area contributed by atoms with Gasteiger partial charge in [0.25, 0.3) is 0 Å². The lowest BCUT2D eigenvalue weighted by atomic mass is 10.2. The zero-order valence-electron chi connectivity index (χ0n) is 7.63. The van der Waals surface area contributed by atoms with Crippen LogP contribution >= 0.6 is 11.3 Å². The fraction of sp³-hybridized carbons (Fsp3) is 0.400. The highest BCUT2D eigenvalue weighted by Crippen LogP contribution is 2.17. The Morgan fingerprint density at radius 2 is 2.50 bits per heavy atom. The largest absolute Gasteiger partial charge is 0.306 e. The van der Waals surface area contributed by atoms with Gasteiger partial charge in [-0.2, -0.15) is 0 Å². The highest BCUT2D eigenvalue weighted by Gasteiger charge is 2.03. The van der Waals surface area contributed by atoms with E-state index in [0.717, 1.165) is 6.54 Å². The zero-order chi connectivity index (χ0) is 8.97. The summed E-state index contributed by atoms with van der Waals surface area (Å²) < 4.78 is 0. The average molecular weight is 181 g/mol. The molecule has 1 N–H and O–H groups in total.